The van der Waals surface area contributed by atoms with Gasteiger partial charge in [-0.2, -0.15) is 0 Å². The van der Waals surface area contributed by atoms with Crippen LogP contribution in [0.3, 0.4) is 0 Å². The van der Waals surface area contributed by atoms with Crippen molar-refractivity contribution >= 4 is 46.6 Å². The van der Waals surface area contributed by atoms with Crippen LogP contribution in [0.25, 0.3) is 0 Å². The fourth-order valence-electron chi connectivity index (χ4n) is 2.69. The maximum absolute atomic E-state index is 13.3. The van der Waals surface area contributed by atoms with Gasteiger partial charge in [0, 0.05) is 12.2 Å². The minimum absolute atomic E-state index is 0.0617. The lowest BCUT2D eigenvalue weighted by Crippen LogP contribution is -2.15. The number of nitrogens with one attached hydrogen (secondary N) is 1. The fourth-order valence-corrected chi connectivity index (χ4v) is 3.81. The van der Waals surface area contributed by atoms with E-state index in [2.05, 4.69) is 22.1 Å². The molecule has 1 amide bonds. The molecule has 10 heteroatoms. The zero-order valence-corrected chi connectivity index (χ0v) is 18.8. The average molecular weight is 481 g/mol. The van der Waals surface area contributed by atoms with Crippen LogP contribution in [0.4, 0.5) is 10.1 Å². The summed E-state index contributed by atoms with van der Waals surface area (Å²) in [4.78, 5) is 12.3. The Bertz CT molecular complexity index is 1090. The lowest BCUT2D eigenvalue weighted by atomic mass is 10.3. The Morgan fingerprint density at radius 3 is 2.77 bits per heavy atom. The first-order valence-electron chi connectivity index (χ1n) is 9.22. The molecule has 0 aliphatic heterocycles. The number of benzene rings is 2. The quantitative estimate of drug-likeness (QED) is 0.310. The minimum atomic E-state index is -0.549. The molecular weight excluding hydrogens is 462 g/mol. The largest absolute Gasteiger partial charge is 0.481 e. The minimum Gasteiger partial charge on any atom is -0.481 e. The second-order valence-electron chi connectivity index (χ2n) is 6.40. The monoisotopic (exact) mass is 480 g/mol. The summed E-state index contributed by atoms with van der Waals surface area (Å²) in [5, 5.41) is 12.1. The van der Waals surface area contributed by atoms with E-state index in [1.165, 1.54) is 30.0 Å². The number of amides is 1. The number of rotatable bonds is 9. The molecule has 1 aromatic heterocycles. The molecule has 6 nitrogen and oxygen atoms in total. The van der Waals surface area contributed by atoms with Crippen LogP contribution in [-0.4, -0.2) is 26.4 Å². The molecule has 0 spiro atoms. The van der Waals surface area contributed by atoms with Gasteiger partial charge in [0.25, 0.3) is 0 Å². The third-order valence-corrected chi connectivity index (χ3v) is 5.67. The molecule has 0 radical (unpaired) electrons. The first kappa shape index (κ1) is 23.1. The van der Waals surface area contributed by atoms with Gasteiger partial charge in [-0.25, -0.2) is 4.39 Å². The summed E-state index contributed by atoms with van der Waals surface area (Å²) < 4.78 is 21.0. The number of thioether (sulfide) groups is 1. The first-order valence-corrected chi connectivity index (χ1v) is 11.0. The van der Waals surface area contributed by atoms with E-state index in [-0.39, 0.29) is 16.7 Å². The maximum atomic E-state index is 13.3. The summed E-state index contributed by atoms with van der Waals surface area (Å²) in [6.45, 7) is 6.05. The van der Waals surface area contributed by atoms with E-state index < -0.39 is 11.9 Å². The van der Waals surface area contributed by atoms with Crippen LogP contribution in [0.2, 0.25) is 10.0 Å². The molecule has 0 saturated carbocycles. The highest BCUT2D eigenvalue weighted by Crippen LogP contribution is 2.29. The topological polar surface area (TPSA) is 69.0 Å². The Hall–Kier alpha value is -2.55. The molecule has 1 unspecified atom stereocenters. The number of aromatic nitrogens is 3. The molecule has 2 aromatic carbocycles. The van der Waals surface area contributed by atoms with Gasteiger partial charge in [0.1, 0.15) is 11.6 Å². The molecule has 0 fully saturated rings. The maximum Gasteiger partial charge on any atom is 0.234 e. The fraction of sp³-hybridized carbons (Fsp3) is 0.190. The molecule has 3 aromatic rings. The number of hydrogen-bond acceptors (Lipinski definition) is 5. The number of allylic oxidation sites excluding steroid dienone is 1. The second kappa shape index (κ2) is 10.7. The van der Waals surface area contributed by atoms with E-state index in [1.807, 2.05) is 23.6 Å². The van der Waals surface area contributed by atoms with Crippen LogP contribution in [0.1, 0.15) is 18.9 Å². The van der Waals surface area contributed by atoms with Crippen molar-refractivity contribution in [3.8, 4) is 5.75 Å². The van der Waals surface area contributed by atoms with Crippen molar-refractivity contribution < 1.29 is 13.9 Å². The van der Waals surface area contributed by atoms with Gasteiger partial charge in [0.05, 0.1) is 15.8 Å². The summed E-state index contributed by atoms with van der Waals surface area (Å²) in [6.07, 6.45) is 1.27. The molecule has 1 heterocycles. The lowest BCUT2D eigenvalue weighted by molar-refractivity contribution is -0.113. The molecule has 162 valence electrons. The van der Waals surface area contributed by atoms with Gasteiger partial charge < -0.3 is 10.1 Å². The third kappa shape index (κ3) is 6.00. The molecule has 0 saturated heterocycles. The highest BCUT2D eigenvalue weighted by atomic mass is 35.5. The van der Waals surface area contributed by atoms with Crippen molar-refractivity contribution in [3.05, 3.63) is 76.8 Å². The van der Waals surface area contributed by atoms with E-state index in [4.69, 9.17) is 27.9 Å². The second-order valence-corrected chi connectivity index (χ2v) is 8.15. The van der Waals surface area contributed by atoms with Gasteiger partial charge in [0.15, 0.2) is 17.1 Å². The summed E-state index contributed by atoms with van der Waals surface area (Å²) in [5.74, 6) is 0.351. The number of nitrogens with zero attached hydrogens (tertiary/aromatic N) is 3. The van der Waals surface area contributed by atoms with Crippen LogP contribution >= 0.6 is 35.0 Å². The molecule has 31 heavy (non-hydrogen) atoms. The van der Waals surface area contributed by atoms with Crippen molar-refractivity contribution in [1.82, 2.24) is 14.8 Å². The van der Waals surface area contributed by atoms with Crippen LogP contribution in [0, 0.1) is 5.82 Å². The van der Waals surface area contributed by atoms with Crippen LogP contribution in [0.5, 0.6) is 5.75 Å². The Kier molecular flexibility index (Phi) is 7.95. The Labute approximate surface area is 193 Å². The average Bonchev–Trinajstić information content (AvgIpc) is 3.14. The predicted molar refractivity (Wildman–Crippen MR) is 121 cm³/mol. The van der Waals surface area contributed by atoms with Gasteiger partial charge in [-0.05, 0) is 37.3 Å². The molecule has 0 aliphatic carbocycles. The highest BCUT2D eigenvalue weighted by molar-refractivity contribution is 7.99. The zero-order valence-electron chi connectivity index (χ0n) is 16.5. The number of para-hydroxylation sites is 1. The molecule has 0 bridgehead atoms. The van der Waals surface area contributed by atoms with Crippen molar-refractivity contribution in [3.63, 3.8) is 0 Å². The third-order valence-electron chi connectivity index (χ3n) is 4.10. The zero-order chi connectivity index (χ0) is 22.4. The first-order chi connectivity index (χ1) is 14.9. The normalized spacial score (nSPS) is 11.7. The number of carbonyl (C=O) groups is 1. The van der Waals surface area contributed by atoms with Crippen molar-refractivity contribution in [2.24, 2.45) is 0 Å². The van der Waals surface area contributed by atoms with Crippen LogP contribution < -0.4 is 10.1 Å². The lowest BCUT2D eigenvalue weighted by Gasteiger charge is -2.16. The van der Waals surface area contributed by atoms with Crippen molar-refractivity contribution in [1.29, 1.82) is 0 Å². The SMILES string of the molecule is C=CCn1c(SCC(=O)Nc2ccc(F)c(Cl)c2)nnc1C(C)Oc1ccccc1Cl. The van der Waals surface area contributed by atoms with Gasteiger partial charge in [0.2, 0.25) is 5.91 Å². The van der Waals surface area contributed by atoms with Gasteiger partial charge in [-0.3, -0.25) is 9.36 Å². The Morgan fingerprint density at radius 1 is 1.29 bits per heavy atom. The predicted octanol–water partition coefficient (Wildman–Crippen LogP) is 5.78. The van der Waals surface area contributed by atoms with Gasteiger partial charge in [-0.1, -0.05) is 53.2 Å². The van der Waals surface area contributed by atoms with Crippen LogP contribution in [-0.2, 0) is 11.3 Å². The Morgan fingerprint density at radius 2 is 2.06 bits per heavy atom. The molecular formula is C21H19Cl2FN4O2S. The summed E-state index contributed by atoms with van der Waals surface area (Å²) >= 11 is 13.1. The number of anilines is 1. The number of halogens is 3. The van der Waals surface area contributed by atoms with Gasteiger partial charge >= 0.3 is 0 Å². The summed E-state index contributed by atoms with van der Waals surface area (Å²) in [7, 11) is 0. The summed E-state index contributed by atoms with van der Waals surface area (Å²) in [5.41, 5.74) is 0.409. The van der Waals surface area contributed by atoms with E-state index in [0.717, 1.165) is 0 Å². The highest BCUT2D eigenvalue weighted by Gasteiger charge is 2.20. The molecule has 1 atom stereocenters. The number of carbonyl (C=O) groups excluding carboxylic acids is 1. The van der Waals surface area contributed by atoms with E-state index in [1.54, 1.807) is 18.2 Å². The Balaban J connectivity index is 1.68. The molecule has 1 N–H and O–H groups in total. The van der Waals surface area contributed by atoms with E-state index >= 15 is 0 Å². The van der Waals surface area contributed by atoms with Crippen molar-refractivity contribution in [2.45, 2.75) is 24.7 Å². The number of ether oxygens (including phenoxy) is 1. The standard InChI is InChI=1S/C21H19Cl2FN4O2S/c1-3-10-28-20(13(2)30-18-7-5-4-6-15(18)22)26-27-21(28)31-12-19(29)25-14-8-9-17(24)16(23)11-14/h3-9,11,13H,1,10,12H2,2H3,(H,25,29). The molecule has 3 rings (SSSR count). The van der Waals surface area contributed by atoms with E-state index in [0.29, 0.717) is 34.0 Å². The van der Waals surface area contributed by atoms with E-state index in [9.17, 15) is 9.18 Å². The molecule has 0 aliphatic rings. The van der Waals surface area contributed by atoms with Crippen molar-refractivity contribution in [2.75, 3.05) is 11.1 Å². The number of hydrogen-bond donors (Lipinski definition) is 1. The smallest absolute Gasteiger partial charge is 0.234 e. The van der Waals surface area contributed by atoms with Crippen LogP contribution in [0.15, 0.2) is 60.3 Å². The summed E-state index contributed by atoms with van der Waals surface area (Å²) in [6, 6.07) is 11.1. The van der Waals surface area contributed by atoms with Gasteiger partial charge in [-0.15, -0.1) is 16.8 Å².